The summed E-state index contributed by atoms with van der Waals surface area (Å²) in [5.74, 6) is 0.475. The molecule has 2 aromatic carbocycles. The minimum atomic E-state index is -0.0299. The quantitative estimate of drug-likeness (QED) is 0.533. The van der Waals surface area contributed by atoms with Crippen LogP contribution in [0.5, 0.6) is 0 Å². The summed E-state index contributed by atoms with van der Waals surface area (Å²) in [6.45, 7) is 8.67. The molecule has 0 aliphatic carbocycles. The fourth-order valence-corrected chi connectivity index (χ4v) is 4.13. The van der Waals surface area contributed by atoms with Crippen molar-refractivity contribution in [3.8, 4) is 0 Å². The normalized spacial score (nSPS) is 12.2. The predicted molar refractivity (Wildman–Crippen MR) is 119 cm³/mol. The molecular weight excluding hydrogens is 364 g/mol. The van der Waals surface area contributed by atoms with Crippen molar-refractivity contribution >= 4 is 22.9 Å². The lowest BCUT2D eigenvalue weighted by atomic mass is 9.98. The first-order valence-corrected chi connectivity index (χ1v) is 10.6. The smallest absolute Gasteiger partial charge is 0.238 e. The van der Waals surface area contributed by atoms with Crippen molar-refractivity contribution in [3.05, 3.63) is 87.1 Å². The second-order valence-corrected chi connectivity index (χ2v) is 8.44. The molecule has 0 fully saturated rings. The molecule has 2 N–H and O–H groups in total. The SMILES string of the molecule is Cc1cccc(C)c1NC(=O)CN[C@H](c1ccc(C(C)C)cc1)c1cccs1. The highest BCUT2D eigenvalue weighted by Gasteiger charge is 2.17. The van der Waals surface area contributed by atoms with Crippen LogP contribution in [-0.2, 0) is 4.79 Å². The van der Waals surface area contributed by atoms with E-state index in [-0.39, 0.29) is 18.5 Å². The summed E-state index contributed by atoms with van der Waals surface area (Å²) >= 11 is 1.70. The zero-order valence-electron chi connectivity index (χ0n) is 17.0. The summed E-state index contributed by atoms with van der Waals surface area (Å²) in [4.78, 5) is 13.8. The number of anilines is 1. The number of nitrogens with one attached hydrogen (secondary N) is 2. The zero-order valence-corrected chi connectivity index (χ0v) is 17.8. The topological polar surface area (TPSA) is 41.1 Å². The van der Waals surface area contributed by atoms with Crippen LogP contribution >= 0.6 is 11.3 Å². The standard InChI is InChI=1S/C24H28N2OS/c1-16(2)19-10-12-20(13-11-19)24(21-9-6-14-28-21)25-15-22(27)26-23-17(3)7-5-8-18(23)4/h5-14,16,24-25H,15H2,1-4H3,(H,26,27)/t24-/m1/s1. The molecule has 1 atom stereocenters. The van der Waals surface area contributed by atoms with Crippen LogP contribution in [0.25, 0.3) is 0 Å². The van der Waals surface area contributed by atoms with Gasteiger partial charge in [0, 0.05) is 10.6 Å². The third kappa shape index (κ3) is 4.89. The second-order valence-electron chi connectivity index (χ2n) is 7.47. The van der Waals surface area contributed by atoms with Gasteiger partial charge in [0.15, 0.2) is 0 Å². The number of benzene rings is 2. The number of hydrogen-bond donors (Lipinski definition) is 2. The first-order valence-electron chi connectivity index (χ1n) is 9.68. The van der Waals surface area contributed by atoms with E-state index in [0.29, 0.717) is 5.92 Å². The first-order chi connectivity index (χ1) is 13.5. The summed E-state index contributed by atoms with van der Waals surface area (Å²) in [5.41, 5.74) is 5.55. The van der Waals surface area contributed by atoms with Gasteiger partial charge < -0.3 is 5.32 Å². The Hall–Kier alpha value is -2.43. The van der Waals surface area contributed by atoms with Gasteiger partial charge >= 0.3 is 0 Å². The van der Waals surface area contributed by atoms with Gasteiger partial charge in [-0.25, -0.2) is 0 Å². The Morgan fingerprint density at radius 1 is 0.929 bits per heavy atom. The van der Waals surface area contributed by atoms with E-state index in [4.69, 9.17) is 0 Å². The Labute approximate surface area is 171 Å². The monoisotopic (exact) mass is 392 g/mol. The molecular formula is C24H28N2OS. The molecule has 3 rings (SSSR count). The van der Waals surface area contributed by atoms with Crippen molar-refractivity contribution < 1.29 is 4.79 Å². The number of thiophene rings is 1. The van der Waals surface area contributed by atoms with E-state index < -0.39 is 0 Å². The van der Waals surface area contributed by atoms with Gasteiger partial charge in [0.2, 0.25) is 5.91 Å². The Morgan fingerprint density at radius 2 is 1.57 bits per heavy atom. The maximum absolute atomic E-state index is 12.6. The summed E-state index contributed by atoms with van der Waals surface area (Å²) in [7, 11) is 0. The van der Waals surface area contributed by atoms with Gasteiger partial charge in [0.05, 0.1) is 12.6 Å². The van der Waals surface area contributed by atoms with Crippen LogP contribution in [0.3, 0.4) is 0 Å². The van der Waals surface area contributed by atoms with Gasteiger partial charge in [-0.15, -0.1) is 11.3 Å². The Bertz CT molecular complexity index is 894. The highest BCUT2D eigenvalue weighted by molar-refractivity contribution is 7.10. The van der Waals surface area contributed by atoms with Crippen LogP contribution in [0.15, 0.2) is 60.0 Å². The number of carbonyl (C=O) groups is 1. The molecule has 1 aromatic heterocycles. The van der Waals surface area contributed by atoms with Crippen molar-refractivity contribution in [3.63, 3.8) is 0 Å². The molecule has 4 heteroatoms. The van der Waals surface area contributed by atoms with E-state index in [2.05, 4.69) is 60.2 Å². The van der Waals surface area contributed by atoms with Crippen LogP contribution in [0.4, 0.5) is 5.69 Å². The fourth-order valence-electron chi connectivity index (χ4n) is 3.30. The maximum Gasteiger partial charge on any atom is 0.238 e. The van der Waals surface area contributed by atoms with E-state index in [1.165, 1.54) is 16.0 Å². The third-order valence-corrected chi connectivity index (χ3v) is 5.91. The van der Waals surface area contributed by atoms with Crippen molar-refractivity contribution in [2.45, 2.75) is 39.7 Å². The molecule has 28 heavy (non-hydrogen) atoms. The van der Waals surface area contributed by atoms with Crippen molar-refractivity contribution in [2.24, 2.45) is 0 Å². The van der Waals surface area contributed by atoms with Crippen LogP contribution in [0.2, 0.25) is 0 Å². The summed E-state index contributed by atoms with van der Waals surface area (Å²) < 4.78 is 0. The maximum atomic E-state index is 12.6. The molecule has 3 aromatic rings. The van der Waals surface area contributed by atoms with Crippen LogP contribution in [0, 0.1) is 13.8 Å². The van der Waals surface area contributed by atoms with Crippen LogP contribution in [-0.4, -0.2) is 12.5 Å². The molecule has 146 valence electrons. The lowest BCUT2D eigenvalue weighted by Crippen LogP contribution is -2.32. The van der Waals surface area contributed by atoms with Gasteiger partial charge in [0.1, 0.15) is 0 Å². The van der Waals surface area contributed by atoms with Crippen molar-refractivity contribution in [2.75, 3.05) is 11.9 Å². The first kappa shape index (κ1) is 20.3. The number of carbonyl (C=O) groups excluding carboxylic acids is 1. The molecule has 0 aliphatic heterocycles. The fraction of sp³-hybridized carbons (Fsp3) is 0.292. The minimum Gasteiger partial charge on any atom is -0.324 e. The van der Waals surface area contributed by atoms with Gasteiger partial charge in [0.25, 0.3) is 0 Å². The van der Waals surface area contributed by atoms with Crippen molar-refractivity contribution in [1.82, 2.24) is 5.32 Å². The van der Waals surface area contributed by atoms with Crippen LogP contribution < -0.4 is 10.6 Å². The molecule has 0 saturated heterocycles. The Morgan fingerprint density at radius 3 is 2.14 bits per heavy atom. The van der Waals surface area contributed by atoms with Gasteiger partial charge in [-0.05, 0) is 53.5 Å². The van der Waals surface area contributed by atoms with E-state index in [0.717, 1.165) is 16.8 Å². The highest BCUT2D eigenvalue weighted by atomic mass is 32.1. The van der Waals surface area contributed by atoms with Crippen molar-refractivity contribution in [1.29, 1.82) is 0 Å². The number of hydrogen-bond acceptors (Lipinski definition) is 3. The molecule has 0 saturated carbocycles. The average molecular weight is 393 g/mol. The van der Waals surface area contributed by atoms with E-state index in [1.54, 1.807) is 11.3 Å². The zero-order chi connectivity index (χ0) is 20.1. The second kappa shape index (κ2) is 9.18. The molecule has 0 bridgehead atoms. The molecule has 0 aliphatic rings. The molecule has 0 radical (unpaired) electrons. The number of aryl methyl sites for hydroxylation is 2. The van der Waals surface area contributed by atoms with Gasteiger partial charge in [-0.3, -0.25) is 10.1 Å². The summed E-state index contributed by atoms with van der Waals surface area (Å²) in [6, 6.07) is 18.9. The number of para-hydroxylation sites is 1. The summed E-state index contributed by atoms with van der Waals surface area (Å²) in [6.07, 6.45) is 0. The minimum absolute atomic E-state index is 0.00456. The van der Waals surface area contributed by atoms with Gasteiger partial charge in [-0.1, -0.05) is 62.4 Å². The predicted octanol–water partition coefficient (Wildman–Crippen LogP) is 5.81. The van der Waals surface area contributed by atoms with Gasteiger partial charge in [-0.2, -0.15) is 0 Å². The highest BCUT2D eigenvalue weighted by Crippen LogP contribution is 2.27. The molecule has 0 unspecified atom stereocenters. The summed E-state index contributed by atoms with van der Waals surface area (Å²) in [5, 5.41) is 8.57. The average Bonchev–Trinajstić information content (AvgIpc) is 3.20. The Kier molecular flexibility index (Phi) is 6.65. The van der Waals surface area contributed by atoms with E-state index >= 15 is 0 Å². The van der Waals surface area contributed by atoms with Crippen LogP contribution in [0.1, 0.15) is 52.9 Å². The van der Waals surface area contributed by atoms with E-state index in [9.17, 15) is 4.79 Å². The lowest BCUT2D eigenvalue weighted by molar-refractivity contribution is -0.115. The molecule has 0 spiro atoms. The molecule has 1 heterocycles. The third-order valence-electron chi connectivity index (χ3n) is 4.98. The Balaban J connectivity index is 1.73. The van der Waals surface area contributed by atoms with E-state index in [1.807, 2.05) is 38.1 Å². The number of amides is 1. The number of rotatable bonds is 7. The largest absolute Gasteiger partial charge is 0.324 e. The molecule has 1 amide bonds. The molecule has 3 nitrogen and oxygen atoms in total. The lowest BCUT2D eigenvalue weighted by Gasteiger charge is -2.19.